The Morgan fingerprint density at radius 3 is 2.30 bits per heavy atom. The van der Waals surface area contributed by atoms with Gasteiger partial charge in [0.15, 0.2) is 0 Å². The molecule has 152 valence electrons. The number of piperazine rings is 1. The molecule has 1 aromatic carbocycles. The molecule has 0 atom stereocenters. The maximum Gasteiger partial charge on any atom is 0.228 e. The van der Waals surface area contributed by atoms with Crippen LogP contribution in [0.1, 0.15) is 46.5 Å². The van der Waals surface area contributed by atoms with Gasteiger partial charge in [0.25, 0.3) is 0 Å². The van der Waals surface area contributed by atoms with Crippen molar-refractivity contribution in [2.75, 3.05) is 51.2 Å². The van der Waals surface area contributed by atoms with E-state index in [1.165, 1.54) is 5.69 Å². The highest BCUT2D eigenvalue weighted by Gasteiger charge is 2.34. The predicted molar refractivity (Wildman–Crippen MR) is 116 cm³/mol. The molecule has 1 amide bonds. The van der Waals surface area contributed by atoms with Gasteiger partial charge >= 0.3 is 0 Å². The summed E-state index contributed by atoms with van der Waals surface area (Å²) in [6.45, 7) is 12.5. The van der Waals surface area contributed by atoms with Gasteiger partial charge in [-0.1, -0.05) is 38.4 Å². The first-order chi connectivity index (χ1) is 13.0. The standard InChI is InChI=1S/C22H36ClN3O/c1-5-22(6-2,7-3)21(27)24(4)12-9-13-25-14-16-26(17-15-25)20-11-8-10-19(23)18-20/h8,10-11,18H,5-7,9,12-17H2,1-4H3. The van der Waals surface area contributed by atoms with Crippen LogP contribution in [0.15, 0.2) is 24.3 Å². The largest absolute Gasteiger partial charge is 0.369 e. The third kappa shape index (κ3) is 5.61. The molecule has 5 heteroatoms. The molecule has 1 aromatic rings. The zero-order chi connectivity index (χ0) is 19.9. The molecule has 0 saturated carbocycles. The number of nitrogens with zero attached hydrogens (tertiary/aromatic N) is 3. The average molecular weight is 394 g/mol. The minimum absolute atomic E-state index is 0.169. The van der Waals surface area contributed by atoms with Crippen LogP contribution >= 0.6 is 11.6 Å². The van der Waals surface area contributed by atoms with Crippen LogP contribution in [0.5, 0.6) is 0 Å². The van der Waals surface area contributed by atoms with Crippen molar-refractivity contribution in [3.05, 3.63) is 29.3 Å². The second-order valence-electron chi connectivity index (χ2n) is 7.73. The van der Waals surface area contributed by atoms with E-state index < -0.39 is 0 Å². The molecule has 0 unspecified atom stereocenters. The van der Waals surface area contributed by atoms with Crippen molar-refractivity contribution in [1.29, 1.82) is 0 Å². The Bertz CT molecular complexity index is 587. The Morgan fingerprint density at radius 2 is 1.74 bits per heavy atom. The van der Waals surface area contributed by atoms with Crippen molar-refractivity contribution in [3.8, 4) is 0 Å². The van der Waals surface area contributed by atoms with Crippen LogP contribution in [-0.2, 0) is 4.79 Å². The molecule has 0 N–H and O–H groups in total. The van der Waals surface area contributed by atoms with Crippen LogP contribution < -0.4 is 4.90 Å². The number of carbonyl (C=O) groups is 1. The fourth-order valence-electron chi connectivity index (χ4n) is 4.14. The summed E-state index contributed by atoms with van der Waals surface area (Å²) in [4.78, 5) is 19.7. The predicted octanol–water partition coefficient (Wildman–Crippen LogP) is 4.53. The van der Waals surface area contributed by atoms with E-state index in [0.29, 0.717) is 5.91 Å². The molecule has 1 heterocycles. The molecule has 1 aliphatic heterocycles. The van der Waals surface area contributed by atoms with Crippen molar-refractivity contribution in [2.45, 2.75) is 46.5 Å². The van der Waals surface area contributed by atoms with Crippen molar-refractivity contribution in [1.82, 2.24) is 9.80 Å². The van der Waals surface area contributed by atoms with Crippen LogP contribution in [0.4, 0.5) is 5.69 Å². The number of amides is 1. The quantitative estimate of drug-likeness (QED) is 0.616. The molecule has 1 aliphatic rings. The number of hydrogen-bond donors (Lipinski definition) is 0. The first-order valence-electron chi connectivity index (χ1n) is 10.4. The smallest absolute Gasteiger partial charge is 0.228 e. The fourth-order valence-corrected chi connectivity index (χ4v) is 4.33. The lowest BCUT2D eigenvalue weighted by Gasteiger charge is -2.37. The molecule has 1 fully saturated rings. The SMILES string of the molecule is CCC(CC)(CC)C(=O)N(C)CCCN1CCN(c2cccc(Cl)c2)CC1. The molecular formula is C22H36ClN3O. The first kappa shape index (κ1) is 22.0. The van der Waals surface area contributed by atoms with Crippen LogP contribution in [0.25, 0.3) is 0 Å². The van der Waals surface area contributed by atoms with E-state index in [0.717, 1.165) is 70.0 Å². The highest BCUT2D eigenvalue weighted by molar-refractivity contribution is 6.30. The highest BCUT2D eigenvalue weighted by Crippen LogP contribution is 2.32. The van der Waals surface area contributed by atoms with Gasteiger partial charge in [-0.15, -0.1) is 0 Å². The molecule has 0 radical (unpaired) electrons. The van der Waals surface area contributed by atoms with Gasteiger partial charge in [0, 0.05) is 55.9 Å². The average Bonchev–Trinajstić information content (AvgIpc) is 2.70. The third-order valence-corrected chi connectivity index (χ3v) is 6.58. The Kier molecular flexibility index (Phi) is 8.43. The van der Waals surface area contributed by atoms with Crippen molar-refractivity contribution in [2.24, 2.45) is 5.41 Å². The van der Waals surface area contributed by atoms with E-state index in [4.69, 9.17) is 11.6 Å². The minimum atomic E-state index is -0.169. The number of halogens is 1. The fraction of sp³-hybridized carbons (Fsp3) is 0.682. The molecule has 0 spiro atoms. The lowest BCUT2D eigenvalue weighted by atomic mass is 9.78. The van der Waals surface area contributed by atoms with Crippen molar-refractivity contribution >= 4 is 23.2 Å². The van der Waals surface area contributed by atoms with E-state index in [2.05, 4.69) is 36.6 Å². The maximum atomic E-state index is 12.9. The first-order valence-corrected chi connectivity index (χ1v) is 10.8. The summed E-state index contributed by atoms with van der Waals surface area (Å²) in [6, 6.07) is 8.10. The lowest BCUT2D eigenvalue weighted by molar-refractivity contribution is -0.141. The summed E-state index contributed by atoms with van der Waals surface area (Å²) in [7, 11) is 1.97. The van der Waals surface area contributed by atoms with Crippen LogP contribution in [0.3, 0.4) is 0 Å². The van der Waals surface area contributed by atoms with Crippen LogP contribution in [0.2, 0.25) is 5.02 Å². The molecule has 1 saturated heterocycles. The molecule has 0 bridgehead atoms. The summed E-state index contributed by atoms with van der Waals surface area (Å²) in [5.74, 6) is 0.320. The Morgan fingerprint density at radius 1 is 1.11 bits per heavy atom. The second-order valence-corrected chi connectivity index (χ2v) is 8.17. The third-order valence-electron chi connectivity index (χ3n) is 6.34. The summed E-state index contributed by atoms with van der Waals surface area (Å²) in [5, 5.41) is 0.796. The van der Waals surface area contributed by atoms with E-state index in [-0.39, 0.29) is 5.41 Å². The molecule has 0 aromatic heterocycles. The van der Waals surface area contributed by atoms with Crippen molar-refractivity contribution in [3.63, 3.8) is 0 Å². The molecule has 2 rings (SSSR count). The van der Waals surface area contributed by atoms with Gasteiger partial charge in [0.1, 0.15) is 0 Å². The molecule has 4 nitrogen and oxygen atoms in total. The van der Waals surface area contributed by atoms with E-state index in [1.54, 1.807) is 0 Å². The zero-order valence-electron chi connectivity index (χ0n) is 17.5. The van der Waals surface area contributed by atoms with E-state index in [1.807, 2.05) is 30.1 Å². The van der Waals surface area contributed by atoms with Gasteiger partial charge in [-0.25, -0.2) is 0 Å². The van der Waals surface area contributed by atoms with Crippen LogP contribution in [-0.4, -0.2) is 62.0 Å². The monoisotopic (exact) mass is 393 g/mol. The number of carbonyl (C=O) groups excluding carboxylic acids is 1. The Labute approximate surface area is 170 Å². The number of benzene rings is 1. The normalized spacial score (nSPS) is 15.8. The van der Waals surface area contributed by atoms with Crippen molar-refractivity contribution < 1.29 is 4.79 Å². The number of hydrogen-bond acceptors (Lipinski definition) is 3. The summed E-state index contributed by atoms with van der Waals surface area (Å²) in [6.07, 6.45) is 3.81. The molecule has 27 heavy (non-hydrogen) atoms. The second kappa shape index (κ2) is 10.3. The van der Waals surface area contributed by atoms with Gasteiger partial charge in [-0.3, -0.25) is 9.69 Å². The zero-order valence-corrected chi connectivity index (χ0v) is 18.3. The van der Waals surface area contributed by atoms with Gasteiger partial charge in [-0.05, 0) is 50.4 Å². The topological polar surface area (TPSA) is 26.8 Å². The van der Waals surface area contributed by atoms with Gasteiger partial charge in [0.2, 0.25) is 5.91 Å². The van der Waals surface area contributed by atoms with E-state index in [9.17, 15) is 4.79 Å². The number of anilines is 1. The maximum absolute atomic E-state index is 12.9. The van der Waals surface area contributed by atoms with E-state index >= 15 is 0 Å². The lowest BCUT2D eigenvalue weighted by Crippen LogP contribution is -2.47. The summed E-state index contributed by atoms with van der Waals surface area (Å²) < 4.78 is 0. The highest BCUT2D eigenvalue weighted by atomic mass is 35.5. The van der Waals surface area contributed by atoms with Crippen LogP contribution in [0, 0.1) is 5.41 Å². The van der Waals surface area contributed by atoms with Gasteiger partial charge < -0.3 is 9.80 Å². The number of rotatable bonds is 9. The molecular weight excluding hydrogens is 358 g/mol. The van der Waals surface area contributed by atoms with Gasteiger partial charge in [0.05, 0.1) is 0 Å². The minimum Gasteiger partial charge on any atom is -0.369 e. The summed E-state index contributed by atoms with van der Waals surface area (Å²) in [5.41, 5.74) is 1.04. The molecule has 0 aliphatic carbocycles. The Balaban J connectivity index is 1.74. The Hall–Kier alpha value is -1.26. The summed E-state index contributed by atoms with van der Waals surface area (Å²) >= 11 is 6.11. The van der Waals surface area contributed by atoms with Gasteiger partial charge in [-0.2, -0.15) is 0 Å².